The Morgan fingerprint density at radius 2 is 1.76 bits per heavy atom. The van der Waals surface area contributed by atoms with Crippen molar-refractivity contribution in [1.82, 2.24) is 9.97 Å². The van der Waals surface area contributed by atoms with E-state index in [1.165, 1.54) is 0 Å². The molecule has 0 amide bonds. The predicted octanol–water partition coefficient (Wildman–Crippen LogP) is 0.347. The van der Waals surface area contributed by atoms with Crippen LogP contribution in [-0.2, 0) is 9.31 Å². The van der Waals surface area contributed by atoms with Gasteiger partial charge in [0, 0.05) is 30.9 Å². The summed E-state index contributed by atoms with van der Waals surface area (Å²) in [6, 6.07) is 0. The molecule has 1 aromatic heterocycles. The molecule has 21 heavy (non-hydrogen) atoms. The fourth-order valence-corrected chi connectivity index (χ4v) is 2.52. The molecule has 0 saturated carbocycles. The largest absolute Gasteiger partial charge is 0.498 e. The first kappa shape index (κ1) is 14.7. The van der Waals surface area contributed by atoms with E-state index in [0.717, 1.165) is 18.4 Å². The summed E-state index contributed by atoms with van der Waals surface area (Å²) in [7, 11) is -0.437. The van der Waals surface area contributed by atoms with Crippen molar-refractivity contribution in [2.45, 2.75) is 51.4 Å². The van der Waals surface area contributed by atoms with Gasteiger partial charge in [-0.15, -0.1) is 0 Å². The second-order valence-electron chi connectivity index (χ2n) is 6.79. The smallest absolute Gasteiger partial charge is 0.399 e. The minimum absolute atomic E-state index is 0.281. The molecule has 114 valence electrons. The highest BCUT2D eigenvalue weighted by atomic mass is 16.7. The Labute approximate surface area is 125 Å². The fourth-order valence-electron chi connectivity index (χ4n) is 2.52. The van der Waals surface area contributed by atoms with Crippen molar-refractivity contribution in [1.29, 1.82) is 0 Å². The average Bonchev–Trinajstić information content (AvgIpc) is 2.92. The molecule has 0 radical (unpaired) electrons. The molecule has 2 saturated heterocycles. The van der Waals surface area contributed by atoms with E-state index in [-0.39, 0.29) is 17.3 Å². The third kappa shape index (κ3) is 2.65. The lowest BCUT2D eigenvalue weighted by molar-refractivity contribution is 0.00578. The number of aliphatic hydroxyl groups excluding tert-OH is 1. The van der Waals surface area contributed by atoms with E-state index in [0.29, 0.717) is 12.5 Å². The van der Waals surface area contributed by atoms with E-state index in [9.17, 15) is 5.11 Å². The highest BCUT2D eigenvalue weighted by Gasteiger charge is 2.52. The van der Waals surface area contributed by atoms with Gasteiger partial charge in [-0.3, -0.25) is 0 Å². The first-order valence-electron chi connectivity index (χ1n) is 7.39. The molecular formula is C14H22BN3O3. The van der Waals surface area contributed by atoms with Gasteiger partial charge in [0.25, 0.3) is 0 Å². The summed E-state index contributed by atoms with van der Waals surface area (Å²) in [6.45, 7) is 9.47. The number of rotatable bonds is 2. The van der Waals surface area contributed by atoms with Crippen LogP contribution in [-0.4, -0.2) is 52.6 Å². The van der Waals surface area contributed by atoms with Crippen molar-refractivity contribution in [3.63, 3.8) is 0 Å². The first-order valence-corrected chi connectivity index (χ1v) is 7.39. The van der Waals surface area contributed by atoms with Crippen molar-refractivity contribution >= 4 is 18.5 Å². The molecule has 1 N–H and O–H groups in total. The number of β-amino-alcohol motifs (C(OH)–C–C–N with tert-alkyl or cyclic N) is 1. The van der Waals surface area contributed by atoms with Crippen molar-refractivity contribution in [2.24, 2.45) is 0 Å². The van der Waals surface area contributed by atoms with E-state index in [2.05, 4.69) is 9.97 Å². The van der Waals surface area contributed by atoms with Crippen molar-refractivity contribution in [3.8, 4) is 0 Å². The zero-order valence-corrected chi connectivity index (χ0v) is 13.0. The number of aromatic nitrogens is 2. The molecule has 0 aromatic carbocycles. The number of hydrogen-bond donors (Lipinski definition) is 1. The highest BCUT2D eigenvalue weighted by molar-refractivity contribution is 6.61. The van der Waals surface area contributed by atoms with Gasteiger partial charge in [0.15, 0.2) is 0 Å². The van der Waals surface area contributed by atoms with E-state index >= 15 is 0 Å². The van der Waals surface area contributed by atoms with Gasteiger partial charge >= 0.3 is 7.12 Å². The Kier molecular flexibility index (Phi) is 3.46. The maximum Gasteiger partial charge on any atom is 0.498 e. The first-order chi connectivity index (χ1) is 9.78. The molecular weight excluding hydrogens is 269 g/mol. The van der Waals surface area contributed by atoms with Crippen LogP contribution in [0.2, 0.25) is 0 Å². The molecule has 1 aromatic rings. The van der Waals surface area contributed by atoms with Gasteiger partial charge in [0.2, 0.25) is 5.95 Å². The molecule has 3 rings (SSSR count). The maximum absolute atomic E-state index is 9.57. The third-order valence-corrected chi connectivity index (χ3v) is 4.63. The Bertz CT molecular complexity index is 505. The third-order valence-electron chi connectivity index (χ3n) is 4.63. The molecule has 1 unspecified atom stereocenters. The number of aliphatic hydroxyl groups is 1. The SMILES string of the molecule is CC1(C)OB(c2cnc(N3CCC(O)C3)nc2)OC1(C)C. The van der Waals surface area contributed by atoms with Crippen LogP contribution in [0.25, 0.3) is 0 Å². The van der Waals surface area contributed by atoms with Gasteiger partial charge in [-0.05, 0) is 34.1 Å². The molecule has 6 nitrogen and oxygen atoms in total. The van der Waals surface area contributed by atoms with Gasteiger partial charge in [-0.1, -0.05) is 0 Å². The van der Waals surface area contributed by atoms with Gasteiger partial charge in [-0.25, -0.2) is 9.97 Å². The molecule has 3 heterocycles. The Hall–Kier alpha value is -1.18. The summed E-state index contributed by atoms with van der Waals surface area (Å²) in [4.78, 5) is 10.7. The van der Waals surface area contributed by atoms with E-state index in [1.54, 1.807) is 12.4 Å². The summed E-state index contributed by atoms with van der Waals surface area (Å²) in [6.07, 6.45) is 3.98. The van der Waals surface area contributed by atoms with Crippen molar-refractivity contribution in [3.05, 3.63) is 12.4 Å². The zero-order valence-electron chi connectivity index (χ0n) is 13.0. The fraction of sp³-hybridized carbons (Fsp3) is 0.714. The molecule has 1 atom stereocenters. The number of nitrogens with zero attached hydrogens (tertiary/aromatic N) is 3. The molecule has 7 heteroatoms. The van der Waals surface area contributed by atoms with Gasteiger partial charge in [-0.2, -0.15) is 0 Å². The highest BCUT2D eigenvalue weighted by Crippen LogP contribution is 2.36. The number of hydrogen-bond acceptors (Lipinski definition) is 6. The van der Waals surface area contributed by atoms with Crippen LogP contribution in [0.5, 0.6) is 0 Å². The van der Waals surface area contributed by atoms with Crippen LogP contribution in [0.15, 0.2) is 12.4 Å². The second kappa shape index (κ2) is 4.93. The predicted molar refractivity (Wildman–Crippen MR) is 80.6 cm³/mol. The van der Waals surface area contributed by atoms with Crippen molar-refractivity contribution < 1.29 is 14.4 Å². The lowest BCUT2D eigenvalue weighted by Crippen LogP contribution is -2.41. The van der Waals surface area contributed by atoms with Crippen LogP contribution in [0.3, 0.4) is 0 Å². The standard InChI is InChI=1S/C14H22BN3O3/c1-13(2)14(3,4)21-15(20-13)10-7-16-12(17-8-10)18-6-5-11(19)9-18/h7-8,11,19H,5-6,9H2,1-4H3. The average molecular weight is 291 g/mol. The summed E-state index contributed by atoms with van der Waals surface area (Å²) in [5.74, 6) is 0.645. The molecule has 0 aliphatic carbocycles. The minimum atomic E-state index is -0.437. The van der Waals surface area contributed by atoms with Gasteiger partial charge in [0.1, 0.15) is 0 Å². The topological polar surface area (TPSA) is 67.7 Å². The summed E-state index contributed by atoms with van der Waals surface area (Å²) < 4.78 is 12.0. The second-order valence-corrected chi connectivity index (χ2v) is 6.79. The Morgan fingerprint density at radius 1 is 1.19 bits per heavy atom. The number of anilines is 1. The van der Waals surface area contributed by atoms with Crippen LogP contribution in [0.4, 0.5) is 5.95 Å². The van der Waals surface area contributed by atoms with Gasteiger partial charge < -0.3 is 19.3 Å². The molecule has 2 fully saturated rings. The summed E-state index contributed by atoms with van der Waals surface area (Å²) in [5.41, 5.74) is 0.0855. The Morgan fingerprint density at radius 3 is 2.24 bits per heavy atom. The van der Waals surface area contributed by atoms with Crippen LogP contribution < -0.4 is 10.4 Å². The monoisotopic (exact) mass is 291 g/mol. The lowest BCUT2D eigenvalue weighted by Gasteiger charge is -2.32. The van der Waals surface area contributed by atoms with Gasteiger partial charge in [0.05, 0.1) is 17.3 Å². The summed E-state index contributed by atoms with van der Waals surface area (Å²) in [5, 5.41) is 9.57. The normalized spacial score (nSPS) is 27.4. The minimum Gasteiger partial charge on any atom is -0.399 e. The van der Waals surface area contributed by atoms with E-state index in [1.807, 2.05) is 32.6 Å². The van der Waals surface area contributed by atoms with E-state index < -0.39 is 7.12 Å². The lowest BCUT2D eigenvalue weighted by atomic mass is 9.81. The Balaban J connectivity index is 1.74. The van der Waals surface area contributed by atoms with E-state index in [4.69, 9.17) is 9.31 Å². The summed E-state index contributed by atoms with van der Waals surface area (Å²) >= 11 is 0. The van der Waals surface area contributed by atoms with Crippen LogP contribution in [0.1, 0.15) is 34.1 Å². The zero-order chi connectivity index (χ0) is 15.3. The molecule has 0 bridgehead atoms. The van der Waals surface area contributed by atoms with Crippen molar-refractivity contribution in [2.75, 3.05) is 18.0 Å². The quantitative estimate of drug-likeness (QED) is 0.793. The molecule has 0 spiro atoms. The van der Waals surface area contributed by atoms with Crippen LogP contribution in [0, 0.1) is 0 Å². The maximum atomic E-state index is 9.57. The molecule has 2 aliphatic rings. The molecule has 2 aliphatic heterocycles. The van der Waals surface area contributed by atoms with Crippen LogP contribution >= 0.6 is 0 Å².